The lowest BCUT2D eigenvalue weighted by Crippen LogP contribution is -2.47. The van der Waals surface area contributed by atoms with E-state index in [1.165, 1.54) is 0 Å². The van der Waals surface area contributed by atoms with Crippen molar-refractivity contribution in [1.82, 2.24) is 9.80 Å². The number of hydrogen-bond acceptors (Lipinski definition) is 4. The molecule has 33 heavy (non-hydrogen) atoms. The maximum Gasteiger partial charge on any atom is 0.257 e. The second kappa shape index (κ2) is 11.7. The summed E-state index contributed by atoms with van der Waals surface area (Å²) in [5.74, 6) is 1.48. The van der Waals surface area contributed by atoms with Crippen molar-refractivity contribution in [2.75, 3.05) is 33.4 Å². The molecule has 6 nitrogen and oxygen atoms in total. The Balaban J connectivity index is 1.92. The first kappa shape index (κ1) is 24.6. The number of para-hydroxylation sites is 1. The van der Waals surface area contributed by atoms with Crippen LogP contribution in [0.3, 0.4) is 0 Å². The minimum absolute atomic E-state index is 0.000362. The van der Waals surface area contributed by atoms with Crippen molar-refractivity contribution in [1.29, 1.82) is 0 Å². The fourth-order valence-electron chi connectivity index (χ4n) is 4.24. The van der Waals surface area contributed by atoms with Crippen molar-refractivity contribution >= 4 is 11.8 Å². The Morgan fingerprint density at radius 1 is 1.06 bits per heavy atom. The van der Waals surface area contributed by atoms with E-state index < -0.39 is 0 Å². The molecule has 0 N–H and O–H groups in total. The number of carbonyl (C=O) groups excluding carboxylic acids is 2. The highest BCUT2D eigenvalue weighted by molar-refractivity contribution is 5.97. The first-order valence-electron chi connectivity index (χ1n) is 11.9. The number of nitrogens with zero attached hydrogens (tertiary/aromatic N) is 2. The van der Waals surface area contributed by atoms with Gasteiger partial charge in [0.05, 0.1) is 18.7 Å². The van der Waals surface area contributed by atoms with Gasteiger partial charge in [-0.25, -0.2) is 0 Å². The van der Waals surface area contributed by atoms with Gasteiger partial charge >= 0.3 is 0 Å². The zero-order valence-corrected chi connectivity index (χ0v) is 20.3. The average molecular weight is 453 g/mol. The summed E-state index contributed by atoms with van der Waals surface area (Å²) in [6, 6.07) is 14.5. The third-order valence-corrected chi connectivity index (χ3v) is 6.29. The Morgan fingerprint density at radius 3 is 2.42 bits per heavy atom. The van der Waals surface area contributed by atoms with E-state index in [1.54, 1.807) is 7.11 Å². The van der Waals surface area contributed by atoms with Gasteiger partial charge in [0.1, 0.15) is 18.1 Å². The van der Waals surface area contributed by atoms with Crippen LogP contribution in [0.4, 0.5) is 0 Å². The zero-order chi connectivity index (χ0) is 23.8. The summed E-state index contributed by atoms with van der Waals surface area (Å²) in [6.45, 7) is 8.55. The van der Waals surface area contributed by atoms with Crippen LogP contribution in [0.5, 0.6) is 11.5 Å². The molecule has 6 heteroatoms. The highest BCUT2D eigenvalue weighted by Crippen LogP contribution is 2.24. The van der Waals surface area contributed by atoms with Crippen LogP contribution in [0, 0.1) is 5.92 Å². The summed E-state index contributed by atoms with van der Waals surface area (Å²) in [4.78, 5) is 30.6. The van der Waals surface area contributed by atoms with E-state index in [-0.39, 0.29) is 23.8 Å². The van der Waals surface area contributed by atoms with Gasteiger partial charge in [-0.05, 0) is 68.5 Å². The number of hydrogen-bond donors (Lipinski definition) is 0. The quantitative estimate of drug-likeness (QED) is 0.663. The van der Waals surface area contributed by atoms with E-state index in [9.17, 15) is 9.59 Å². The lowest BCUT2D eigenvalue weighted by molar-refractivity contribution is 0.0528. The van der Waals surface area contributed by atoms with Crippen molar-refractivity contribution in [3.8, 4) is 11.5 Å². The predicted octanol–water partition coefficient (Wildman–Crippen LogP) is 4.89. The number of ether oxygens (including phenoxy) is 2. The molecule has 0 saturated heterocycles. The Labute approximate surface area is 197 Å². The number of carbonyl (C=O) groups is 2. The van der Waals surface area contributed by atoms with Gasteiger partial charge in [-0.3, -0.25) is 9.59 Å². The monoisotopic (exact) mass is 452 g/mol. The maximum absolute atomic E-state index is 13.6. The third kappa shape index (κ3) is 6.06. The number of fused-ring (bicyclic) bond motifs is 1. The summed E-state index contributed by atoms with van der Waals surface area (Å²) in [6.07, 6.45) is 2.73. The fraction of sp³-hybridized carbons (Fsp3) is 0.481. The minimum atomic E-state index is -0.120. The van der Waals surface area contributed by atoms with Crippen LogP contribution in [0.15, 0.2) is 48.5 Å². The van der Waals surface area contributed by atoms with E-state index in [1.807, 2.05) is 65.3 Å². The largest absolute Gasteiger partial charge is 0.497 e. The van der Waals surface area contributed by atoms with Gasteiger partial charge in [-0.15, -0.1) is 0 Å². The van der Waals surface area contributed by atoms with Gasteiger partial charge in [-0.2, -0.15) is 0 Å². The average Bonchev–Trinajstić information content (AvgIpc) is 2.85. The summed E-state index contributed by atoms with van der Waals surface area (Å²) in [5.41, 5.74) is 1.22. The summed E-state index contributed by atoms with van der Waals surface area (Å²) in [7, 11) is 1.62. The van der Waals surface area contributed by atoms with E-state index in [4.69, 9.17) is 9.47 Å². The first-order valence-corrected chi connectivity index (χ1v) is 11.9. The van der Waals surface area contributed by atoms with Gasteiger partial charge in [0, 0.05) is 25.2 Å². The van der Waals surface area contributed by atoms with Crippen LogP contribution in [0.2, 0.25) is 0 Å². The molecule has 0 spiro atoms. The van der Waals surface area contributed by atoms with Crippen LogP contribution < -0.4 is 9.47 Å². The number of benzene rings is 2. The Hall–Kier alpha value is -3.02. The molecule has 2 aromatic carbocycles. The van der Waals surface area contributed by atoms with Gasteiger partial charge in [0.2, 0.25) is 0 Å². The van der Waals surface area contributed by atoms with Crippen LogP contribution in [0.1, 0.15) is 60.7 Å². The molecule has 2 aromatic rings. The van der Waals surface area contributed by atoms with Gasteiger partial charge < -0.3 is 19.3 Å². The predicted molar refractivity (Wildman–Crippen MR) is 130 cm³/mol. The zero-order valence-electron chi connectivity index (χ0n) is 20.3. The molecule has 1 aliphatic rings. The van der Waals surface area contributed by atoms with E-state index in [0.717, 1.165) is 25.0 Å². The standard InChI is InChI=1S/C27H36N2O4/c1-5-28-17-9-6-10-18-29(26(30)21-13-15-22(32-4)16-14-21)24(20(2)3)19-33-25-12-8-7-11-23(25)27(28)31/h7-8,11-16,20,24H,5-6,9-10,17-19H2,1-4H3/t24-/m1/s1. The molecule has 178 valence electrons. The van der Waals surface area contributed by atoms with E-state index in [2.05, 4.69) is 13.8 Å². The van der Waals surface area contributed by atoms with Gasteiger partial charge in [-0.1, -0.05) is 26.0 Å². The minimum Gasteiger partial charge on any atom is -0.497 e. The molecule has 1 aliphatic heterocycles. The van der Waals surface area contributed by atoms with Crippen molar-refractivity contribution in [2.24, 2.45) is 5.92 Å². The lowest BCUT2D eigenvalue weighted by Gasteiger charge is -2.34. The van der Waals surface area contributed by atoms with E-state index in [0.29, 0.717) is 43.1 Å². The summed E-state index contributed by atoms with van der Waals surface area (Å²) < 4.78 is 11.5. The number of amides is 2. The van der Waals surface area contributed by atoms with Gasteiger partial charge in [0.15, 0.2) is 0 Å². The SMILES string of the molecule is CCN1CCCCCN(C(=O)c2ccc(OC)cc2)[C@@H](C(C)C)COc2ccccc2C1=O. The molecule has 0 saturated carbocycles. The Bertz CT molecular complexity index is 926. The normalized spacial score (nSPS) is 18.0. The van der Waals surface area contributed by atoms with Gasteiger partial charge in [0.25, 0.3) is 11.8 Å². The molecule has 0 bridgehead atoms. The topological polar surface area (TPSA) is 59.1 Å². The van der Waals surface area contributed by atoms with Crippen LogP contribution in [-0.2, 0) is 0 Å². The third-order valence-electron chi connectivity index (χ3n) is 6.29. The first-order chi connectivity index (χ1) is 16.0. The lowest BCUT2D eigenvalue weighted by atomic mass is 10.0. The van der Waals surface area contributed by atoms with E-state index >= 15 is 0 Å². The number of rotatable bonds is 4. The maximum atomic E-state index is 13.6. The molecule has 0 fully saturated rings. The summed E-state index contributed by atoms with van der Waals surface area (Å²) >= 11 is 0. The summed E-state index contributed by atoms with van der Waals surface area (Å²) in [5, 5.41) is 0. The molecular formula is C27H36N2O4. The molecular weight excluding hydrogens is 416 g/mol. The number of methoxy groups -OCH3 is 1. The molecule has 0 aromatic heterocycles. The van der Waals surface area contributed by atoms with Crippen LogP contribution >= 0.6 is 0 Å². The molecule has 0 aliphatic carbocycles. The molecule has 1 heterocycles. The van der Waals surface area contributed by atoms with Crippen molar-refractivity contribution in [3.05, 3.63) is 59.7 Å². The molecule has 0 unspecified atom stereocenters. The Kier molecular flexibility index (Phi) is 8.75. The molecule has 0 radical (unpaired) electrons. The van der Waals surface area contributed by atoms with Crippen LogP contribution in [0.25, 0.3) is 0 Å². The molecule has 2 amide bonds. The fourth-order valence-corrected chi connectivity index (χ4v) is 4.24. The second-order valence-electron chi connectivity index (χ2n) is 8.79. The Morgan fingerprint density at radius 2 is 1.76 bits per heavy atom. The highest BCUT2D eigenvalue weighted by atomic mass is 16.5. The molecule has 3 rings (SSSR count). The van der Waals surface area contributed by atoms with Crippen molar-refractivity contribution in [2.45, 2.75) is 46.1 Å². The van der Waals surface area contributed by atoms with Crippen molar-refractivity contribution < 1.29 is 19.1 Å². The molecule has 1 atom stereocenters. The second-order valence-corrected chi connectivity index (χ2v) is 8.79. The smallest absolute Gasteiger partial charge is 0.257 e. The highest BCUT2D eigenvalue weighted by Gasteiger charge is 2.29. The van der Waals surface area contributed by atoms with Crippen LogP contribution in [-0.4, -0.2) is 61.0 Å². The van der Waals surface area contributed by atoms with Crippen molar-refractivity contribution in [3.63, 3.8) is 0 Å².